The number of amides is 3. The summed E-state index contributed by atoms with van der Waals surface area (Å²) in [5, 5.41) is 9.00. The molecule has 2 heterocycles. The molecule has 2 aliphatic rings. The van der Waals surface area contributed by atoms with Crippen LogP contribution in [0.15, 0.2) is 0 Å². The van der Waals surface area contributed by atoms with Crippen LogP contribution in [0.5, 0.6) is 0 Å². The fourth-order valence-electron chi connectivity index (χ4n) is 2.83. The number of carbonyl (C=O) groups excluding carboxylic acids is 1. The minimum absolute atomic E-state index is 0.000705. The summed E-state index contributed by atoms with van der Waals surface area (Å²) >= 11 is 0. The van der Waals surface area contributed by atoms with Gasteiger partial charge in [-0.05, 0) is 20.3 Å². The van der Waals surface area contributed by atoms with E-state index in [0.29, 0.717) is 45.7 Å². The predicted molar refractivity (Wildman–Crippen MR) is 72.8 cm³/mol. The van der Waals surface area contributed by atoms with Crippen molar-refractivity contribution >= 4 is 12.1 Å². The van der Waals surface area contributed by atoms with Crippen LogP contribution in [0.4, 0.5) is 9.59 Å². The number of carbonyl (C=O) groups is 2. The lowest BCUT2D eigenvalue weighted by molar-refractivity contribution is -0.0580. The van der Waals surface area contributed by atoms with Crippen molar-refractivity contribution in [1.29, 1.82) is 0 Å². The number of hydrogen-bond donors (Lipinski definition) is 1. The molecular formula is C13H23N3O4. The molecule has 114 valence electrons. The van der Waals surface area contributed by atoms with Gasteiger partial charge in [-0.1, -0.05) is 0 Å². The standard InChI is InChI=1S/C13H23N3O4/c1-10-8-16(9-11(2)20-10)12(17)14-4-3-5-15(7-6-14)13(18)19/h10-11H,3-9H2,1-2H3,(H,18,19)/t10-,11+. The van der Waals surface area contributed by atoms with Gasteiger partial charge < -0.3 is 24.5 Å². The van der Waals surface area contributed by atoms with Crippen molar-refractivity contribution in [2.45, 2.75) is 32.5 Å². The second kappa shape index (κ2) is 6.30. The molecule has 0 bridgehead atoms. The summed E-state index contributed by atoms with van der Waals surface area (Å²) in [6, 6.07) is -0.000705. The number of nitrogens with zero attached hydrogens (tertiary/aromatic N) is 3. The molecule has 0 spiro atoms. The van der Waals surface area contributed by atoms with Gasteiger partial charge in [0.25, 0.3) is 0 Å². The maximum Gasteiger partial charge on any atom is 0.407 e. The summed E-state index contributed by atoms with van der Waals surface area (Å²) in [5.41, 5.74) is 0. The van der Waals surface area contributed by atoms with Crippen LogP contribution in [-0.4, -0.2) is 83.4 Å². The number of urea groups is 1. The SMILES string of the molecule is C[C@@H]1CN(C(=O)N2CCCN(C(=O)O)CC2)C[C@H](C)O1. The molecule has 0 radical (unpaired) electrons. The Hall–Kier alpha value is -1.50. The Morgan fingerprint density at radius 3 is 2.10 bits per heavy atom. The Kier molecular flexibility index (Phi) is 4.69. The quantitative estimate of drug-likeness (QED) is 0.717. The van der Waals surface area contributed by atoms with Gasteiger partial charge in [0.15, 0.2) is 0 Å². The molecule has 2 atom stereocenters. The molecule has 0 saturated carbocycles. The summed E-state index contributed by atoms with van der Waals surface area (Å²) < 4.78 is 5.63. The second-order valence-electron chi connectivity index (χ2n) is 5.56. The first-order valence-electron chi connectivity index (χ1n) is 7.14. The van der Waals surface area contributed by atoms with Crippen LogP contribution in [0.25, 0.3) is 0 Å². The molecule has 2 saturated heterocycles. The van der Waals surface area contributed by atoms with E-state index in [9.17, 15) is 9.59 Å². The van der Waals surface area contributed by atoms with Crippen molar-refractivity contribution in [2.75, 3.05) is 39.3 Å². The van der Waals surface area contributed by atoms with Gasteiger partial charge in [0.1, 0.15) is 0 Å². The molecule has 2 fully saturated rings. The Bertz CT molecular complexity index is 367. The number of ether oxygens (including phenoxy) is 1. The smallest absolute Gasteiger partial charge is 0.407 e. The van der Waals surface area contributed by atoms with Crippen molar-refractivity contribution in [3.63, 3.8) is 0 Å². The normalized spacial score (nSPS) is 28.2. The molecule has 7 heteroatoms. The van der Waals surface area contributed by atoms with Gasteiger partial charge in [-0.25, -0.2) is 9.59 Å². The molecule has 0 aromatic rings. The third kappa shape index (κ3) is 3.53. The Labute approximate surface area is 119 Å². The molecule has 0 aliphatic carbocycles. The van der Waals surface area contributed by atoms with E-state index >= 15 is 0 Å². The molecule has 7 nitrogen and oxygen atoms in total. The zero-order valence-corrected chi connectivity index (χ0v) is 12.1. The summed E-state index contributed by atoms with van der Waals surface area (Å²) in [4.78, 5) is 28.4. The summed E-state index contributed by atoms with van der Waals surface area (Å²) in [6.45, 7) is 7.08. The monoisotopic (exact) mass is 285 g/mol. The highest BCUT2D eigenvalue weighted by Crippen LogP contribution is 2.14. The highest BCUT2D eigenvalue weighted by molar-refractivity contribution is 5.75. The fraction of sp³-hybridized carbons (Fsp3) is 0.846. The maximum atomic E-state index is 12.5. The van der Waals surface area contributed by atoms with Crippen LogP contribution >= 0.6 is 0 Å². The molecule has 0 aromatic carbocycles. The first kappa shape index (κ1) is 14.9. The van der Waals surface area contributed by atoms with Gasteiger partial charge in [-0.15, -0.1) is 0 Å². The van der Waals surface area contributed by atoms with E-state index in [2.05, 4.69) is 0 Å². The average molecular weight is 285 g/mol. The number of morpholine rings is 1. The van der Waals surface area contributed by atoms with Crippen molar-refractivity contribution in [1.82, 2.24) is 14.7 Å². The number of rotatable bonds is 0. The van der Waals surface area contributed by atoms with Gasteiger partial charge in [0.05, 0.1) is 12.2 Å². The van der Waals surface area contributed by atoms with E-state index in [4.69, 9.17) is 9.84 Å². The van der Waals surface area contributed by atoms with E-state index in [0.717, 1.165) is 0 Å². The van der Waals surface area contributed by atoms with Crippen LogP contribution in [0.1, 0.15) is 20.3 Å². The van der Waals surface area contributed by atoms with Crippen LogP contribution in [0, 0.1) is 0 Å². The lowest BCUT2D eigenvalue weighted by atomic mass is 10.2. The first-order valence-corrected chi connectivity index (χ1v) is 7.14. The third-order valence-electron chi connectivity index (χ3n) is 3.73. The summed E-state index contributed by atoms with van der Waals surface area (Å²) in [6.07, 6.45) is -0.128. The minimum Gasteiger partial charge on any atom is -0.465 e. The average Bonchev–Trinajstić information content (AvgIpc) is 2.62. The first-order chi connectivity index (χ1) is 9.47. The summed E-state index contributed by atoms with van der Waals surface area (Å²) in [7, 11) is 0. The van der Waals surface area contributed by atoms with E-state index in [1.165, 1.54) is 4.90 Å². The second-order valence-corrected chi connectivity index (χ2v) is 5.56. The van der Waals surface area contributed by atoms with E-state index in [1.807, 2.05) is 18.7 Å². The van der Waals surface area contributed by atoms with Crippen molar-refractivity contribution in [3.8, 4) is 0 Å². The van der Waals surface area contributed by atoms with Gasteiger partial charge >= 0.3 is 12.1 Å². The third-order valence-corrected chi connectivity index (χ3v) is 3.73. The van der Waals surface area contributed by atoms with Crippen LogP contribution < -0.4 is 0 Å². The topological polar surface area (TPSA) is 73.3 Å². The zero-order valence-electron chi connectivity index (χ0n) is 12.1. The predicted octanol–water partition coefficient (Wildman–Crippen LogP) is 0.901. The zero-order chi connectivity index (χ0) is 14.7. The highest BCUT2D eigenvalue weighted by atomic mass is 16.5. The van der Waals surface area contributed by atoms with Crippen molar-refractivity contribution < 1.29 is 19.4 Å². The number of carboxylic acid groups (broad SMARTS) is 1. The Morgan fingerprint density at radius 1 is 0.950 bits per heavy atom. The van der Waals surface area contributed by atoms with E-state index in [1.54, 1.807) is 4.90 Å². The molecule has 2 aliphatic heterocycles. The van der Waals surface area contributed by atoms with Crippen LogP contribution in [0.3, 0.4) is 0 Å². The molecule has 3 amide bonds. The van der Waals surface area contributed by atoms with Crippen molar-refractivity contribution in [3.05, 3.63) is 0 Å². The van der Waals surface area contributed by atoms with E-state index < -0.39 is 6.09 Å². The largest absolute Gasteiger partial charge is 0.465 e. The van der Waals surface area contributed by atoms with Gasteiger partial charge in [-0.3, -0.25) is 0 Å². The van der Waals surface area contributed by atoms with Gasteiger partial charge in [-0.2, -0.15) is 0 Å². The molecule has 2 rings (SSSR count). The Morgan fingerprint density at radius 2 is 1.50 bits per heavy atom. The van der Waals surface area contributed by atoms with Gasteiger partial charge in [0.2, 0.25) is 0 Å². The lowest BCUT2D eigenvalue weighted by Gasteiger charge is -2.38. The van der Waals surface area contributed by atoms with Crippen LogP contribution in [-0.2, 0) is 4.74 Å². The Balaban J connectivity index is 1.93. The lowest BCUT2D eigenvalue weighted by Crippen LogP contribution is -2.53. The molecule has 0 aromatic heterocycles. The fourth-order valence-corrected chi connectivity index (χ4v) is 2.83. The maximum absolute atomic E-state index is 12.5. The van der Waals surface area contributed by atoms with Crippen molar-refractivity contribution in [2.24, 2.45) is 0 Å². The minimum atomic E-state index is -0.909. The molecule has 20 heavy (non-hydrogen) atoms. The van der Waals surface area contributed by atoms with Crippen LogP contribution in [0.2, 0.25) is 0 Å². The molecule has 0 unspecified atom stereocenters. The van der Waals surface area contributed by atoms with E-state index in [-0.39, 0.29) is 18.2 Å². The molecule has 1 N–H and O–H groups in total. The highest BCUT2D eigenvalue weighted by Gasteiger charge is 2.30. The number of hydrogen-bond acceptors (Lipinski definition) is 3. The molecular weight excluding hydrogens is 262 g/mol. The van der Waals surface area contributed by atoms with Gasteiger partial charge in [0, 0.05) is 39.3 Å². The summed E-state index contributed by atoms with van der Waals surface area (Å²) in [5.74, 6) is 0.